The molecule has 1 heterocycles. The van der Waals surface area contributed by atoms with Crippen LogP contribution in [-0.4, -0.2) is 22.6 Å². The van der Waals surface area contributed by atoms with Gasteiger partial charge in [-0.2, -0.15) is 0 Å². The number of ether oxygens (including phenoxy) is 1. The summed E-state index contributed by atoms with van der Waals surface area (Å²) in [6.45, 7) is 0.629. The Labute approximate surface area is 122 Å². The second-order valence-corrected chi connectivity index (χ2v) is 5.37. The SMILES string of the molecule is NCC1CCCC1Oc1ccc2cc([N+](=O)[O-])ccc2n1. The fourth-order valence-electron chi connectivity index (χ4n) is 2.86. The highest BCUT2D eigenvalue weighted by Crippen LogP contribution is 2.29. The Balaban J connectivity index is 1.84. The van der Waals surface area contributed by atoms with E-state index in [9.17, 15) is 10.1 Å². The number of nitrogens with zero attached hydrogens (tertiary/aromatic N) is 2. The molecular weight excluding hydrogens is 270 g/mol. The Hall–Kier alpha value is -2.21. The molecule has 2 aromatic rings. The summed E-state index contributed by atoms with van der Waals surface area (Å²) in [5, 5.41) is 11.5. The van der Waals surface area contributed by atoms with E-state index in [2.05, 4.69) is 4.98 Å². The largest absolute Gasteiger partial charge is 0.474 e. The van der Waals surface area contributed by atoms with Gasteiger partial charge in [-0.15, -0.1) is 0 Å². The van der Waals surface area contributed by atoms with Crippen molar-refractivity contribution in [1.82, 2.24) is 4.98 Å². The number of rotatable bonds is 4. The minimum atomic E-state index is -0.409. The lowest BCUT2D eigenvalue weighted by Crippen LogP contribution is -2.27. The first-order valence-electron chi connectivity index (χ1n) is 7.09. The molecule has 1 aromatic carbocycles. The quantitative estimate of drug-likeness (QED) is 0.689. The van der Waals surface area contributed by atoms with Gasteiger partial charge in [0, 0.05) is 29.5 Å². The van der Waals surface area contributed by atoms with Crippen LogP contribution in [0.4, 0.5) is 5.69 Å². The van der Waals surface area contributed by atoms with Crippen LogP contribution in [0.15, 0.2) is 30.3 Å². The van der Waals surface area contributed by atoms with Gasteiger partial charge in [-0.1, -0.05) is 0 Å². The van der Waals surface area contributed by atoms with E-state index in [4.69, 9.17) is 10.5 Å². The van der Waals surface area contributed by atoms with Crippen LogP contribution in [-0.2, 0) is 0 Å². The Morgan fingerprint density at radius 2 is 2.19 bits per heavy atom. The number of nitro benzene ring substituents is 1. The molecule has 3 rings (SSSR count). The van der Waals surface area contributed by atoms with E-state index in [1.807, 2.05) is 0 Å². The van der Waals surface area contributed by atoms with Gasteiger partial charge in [0.1, 0.15) is 6.10 Å². The van der Waals surface area contributed by atoms with Gasteiger partial charge in [0.25, 0.3) is 5.69 Å². The number of fused-ring (bicyclic) bond motifs is 1. The number of aromatic nitrogens is 1. The molecule has 21 heavy (non-hydrogen) atoms. The van der Waals surface area contributed by atoms with Gasteiger partial charge >= 0.3 is 0 Å². The number of non-ortho nitro benzene ring substituents is 1. The minimum Gasteiger partial charge on any atom is -0.474 e. The molecule has 0 spiro atoms. The maximum atomic E-state index is 10.8. The monoisotopic (exact) mass is 287 g/mol. The van der Waals surface area contributed by atoms with E-state index < -0.39 is 4.92 Å². The van der Waals surface area contributed by atoms with Crippen LogP contribution >= 0.6 is 0 Å². The fraction of sp³-hybridized carbons (Fsp3) is 0.400. The molecule has 0 aliphatic heterocycles. The second kappa shape index (κ2) is 5.65. The van der Waals surface area contributed by atoms with Crippen molar-refractivity contribution >= 4 is 16.6 Å². The highest BCUT2D eigenvalue weighted by atomic mass is 16.6. The summed E-state index contributed by atoms with van der Waals surface area (Å²) in [6, 6.07) is 8.19. The van der Waals surface area contributed by atoms with Gasteiger partial charge in [0.05, 0.1) is 10.4 Å². The highest BCUT2D eigenvalue weighted by molar-refractivity contribution is 5.81. The van der Waals surface area contributed by atoms with Gasteiger partial charge in [0.2, 0.25) is 5.88 Å². The minimum absolute atomic E-state index is 0.0666. The zero-order chi connectivity index (χ0) is 14.8. The number of nitro groups is 1. The molecule has 6 nitrogen and oxygen atoms in total. The van der Waals surface area contributed by atoms with Gasteiger partial charge in [-0.05, 0) is 37.9 Å². The fourth-order valence-corrected chi connectivity index (χ4v) is 2.86. The predicted octanol–water partition coefficient (Wildman–Crippen LogP) is 2.65. The normalized spacial score (nSPS) is 21.6. The molecule has 1 fully saturated rings. The van der Waals surface area contributed by atoms with Crippen molar-refractivity contribution in [2.45, 2.75) is 25.4 Å². The molecule has 1 aromatic heterocycles. The zero-order valence-electron chi connectivity index (χ0n) is 11.6. The molecule has 1 aliphatic carbocycles. The molecule has 1 saturated carbocycles. The Morgan fingerprint density at radius 3 is 2.95 bits per heavy atom. The van der Waals surface area contributed by atoms with Crippen molar-refractivity contribution in [3.63, 3.8) is 0 Å². The lowest BCUT2D eigenvalue weighted by molar-refractivity contribution is -0.384. The molecule has 6 heteroatoms. The molecule has 0 radical (unpaired) electrons. The maximum Gasteiger partial charge on any atom is 0.270 e. The number of hydrogen-bond donors (Lipinski definition) is 1. The first kappa shape index (κ1) is 13.8. The van der Waals surface area contributed by atoms with Crippen molar-refractivity contribution in [2.75, 3.05) is 6.54 Å². The van der Waals surface area contributed by atoms with E-state index >= 15 is 0 Å². The van der Waals surface area contributed by atoms with Gasteiger partial charge < -0.3 is 10.5 Å². The van der Waals surface area contributed by atoms with Gasteiger partial charge in [-0.25, -0.2) is 4.98 Å². The molecule has 2 N–H and O–H groups in total. The summed E-state index contributed by atoms with van der Waals surface area (Å²) in [7, 11) is 0. The van der Waals surface area contributed by atoms with Crippen LogP contribution in [0, 0.1) is 16.0 Å². The second-order valence-electron chi connectivity index (χ2n) is 5.37. The topological polar surface area (TPSA) is 91.3 Å². The molecular formula is C15H17N3O3. The molecule has 110 valence electrons. The number of benzene rings is 1. The third-order valence-electron chi connectivity index (χ3n) is 4.02. The van der Waals surface area contributed by atoms with E-state index in [0.717, 1.165) is 24.6 Å². The van der Waals surface area contributed by atoms with Crippen LogP contribution in [0.2, 0.25) is 0 Å². The third kappa shape index (κ3) is 2.80. The Bertz CT molecular complexity index is 674. The molecule has 2 unspecified atom stereocenters. The highest BCUT2D eigenvalue weighted by Gasteiger charge is 2.28. The first-order valence-corrected chi connectivity index (χ1v) is 7.09. The molecule has 0 amide bonds. The van der Waals surface area contributed by atoms with Crippen LogP contribution in [0.1, 0.15) is 19.3 Å². The average Bonchev–Trinajstić information content (AvgIpc) is 2.93. The standard InChI is InChI=1S/C15H17N3O3/c16-9-11-2-1-3-14(11)21-15-7-4-10-8-12(18(19)20)5-6-13(10)17-15/h4-8,11,14H,1-3,9,16H2. The summed E-state index contributed by atoms with van der Waals surface area (Å²) in [4.78, 5) is 14.8. The van der Waals surface area contributed by atoms with Crippen LogP contribution in [0.3, 0.4) is 0 Å². The first-order chi connectivity index (χ1) is 10.2. The van der Waals surface area contributed by atoms with E-state index in [0.29, 0.717) is 23.9 Å². The summed E-state index contributed by atoms with van der Waals surface area (Å²) < 4.78 is 5.94. The number of hydrogen-bond acceptors (Lipinski definition) is 5. The molecule has 0 saturated heterocycles. The van der Waals surface area contributed by atoms with Gasteiger partial charge in [-0.3, -0.25) is 10.1 Å². The molecule has 0 bridgehead atoms. The van der Waals surface area contributed by atoms with Crippen molar-refractivity contribution < 1.29 is 9.66 Å². The van der Waals surface area contributed by atoms with Crippen molar-refractivity contribution in [3.05, 3.63) is 40.4 Å². The van der Waals surface area contributed by atoms with Crippen molar-refractivity contribution in [3.8, 4) is 5.88 Å². The summed E-state index contributed by atoms with van der Waals surface area (Å²) >= 11 is 0. The lowest BCUT2D eigenvalue weighted by atomic mass is 10.1. The summed E-state index contributed by atoms with van der Waals surface area (Å²) in [5.41, 5.74) is 6.51. The molecule has 1 aliphatic rings. The Morgan fingerprint density at radius 1 is 1.33 bits per heavy atom. The van der Waals surface area contributed by atoms with Gasteiger partial charge in [0.15, 0.2) is 0 Å². The maximum absolute atomic E-state index is 10.8. The number of pyridine rings is 1. The molecule has 2 atom stereocenters. The average molecular weight is 287 g/mol. The summed E-state index contributed by atoms with van der Waals surface area (Å²) in [5.74, 6) is 0.945. The number of nitrogens with two attached hydrogens (primary N) is 1. The van der Waals surface area contributed by atoms with E-state index in [1.165, 1.54) is 12.1 Å². The van der Waals surface area contributed by atoms with E-state index in [-0.39, 0.29) is 11.8 Å². The third-order valence-corrected chi connectivity index (χ3v) is 4.02. The summed E-state index contributed by atoms with van der Waals surface area (Å²) in [6.07, 6.45) is 3.35. The van der Waals surface area contributed by atoms with Crippen LogP contribution in [0.5, 0.6) is 5.88 Å². The predicted molar refractivity (Wildman–Crippen MR) is 79.2 cm³/mol. The lowest BCUT2D eigenvalue weighted by Gasteiger charge is -2.19. The smallest absolute Gasteiger partial charge is 0.270 e. The Kier molecular flexibility index (Phi) is 3.70. The van der Waals surface area contributed by atoms with Crippen molar-refractivity contribution in [1.29, 1.82) is 0 Å². The van der Waals surface area contributed by atoms with Crippen LogP contribution in [0.25, 0.3) is 10.9 Å². The van der Waals surface area contributed by atoms with E-state index in [1.54, 1.807) is 18.2 Å². The van der Waals surface area contributed by atoms with Crippen LogP contribution < -0.4 is 10.5 Å². The van der Waals surface area contributed by atoms with Crippen molar-refractivity contribution in [2.24, 2.45) is 11.7 Å². The zero-order valence-corrected chi connectivity index (χ0v) is 11.6.